The van der Waals surface area contributed by atoms with Crippen LogP contribution in [0.3, 0.4) is 0 Å². The Labute approximate surface area is 210 Å². The summed E-state index contributed by atoms with van der Waals surface area (Å²) >= 11 is 0. The number of amides is 1. The largest absolute Gasteiger partial charge is 0.474 e. The van der Waals surface area contributed by atoms with Crippen LogP contribution in [-0.2, 0) is 4.74 Å². The highest BCUT2D eigenvalue weighted by Gasteiger charge is 2.38. The number of hydrogen-bond donors (Lipinski definition) is 1. The lowest BCUT2D eigenvalue weighted by molar-refractivity contribution is -0.0368. The summed E-state index contributed by atoms with van der Waals surface area (Å²) in [5.41, 5.74) is 0.428. The van der Waals surface area contributed by atoms with Crippen LogP contribution in [0.5, 0.6) is 5.88 Å². The van der Waals surface area contributed by atoms with Crippen LogP contribution >= 0.6 is 12.4 Å². The summed E-state index contributed by atoms with van der Waals surface area (Å²) in [4.78, 5) is 16.6. The highest BCUT2D eigenvalue weighted by molar-refractivity contribution is 6.06. The van der Waals surface area contributed by atoms with E-state index in [1.54, 1.807) is 22.9 Å². The van der Waals surface area contributed by atoms with E-state index in [1.807, 2.05) is 0 Å². The molecular weight excluding hydrogens is 504 g/mol. The fourth-order valence-corrected chi connectivity index (χ4v) is 4.41. The maximum Gasteiger partial charge on any atom is 0.280 e. The van der Waals surface area contributed by atoms with Gasteiger partial charge in [0.25, 0.3) is 12.3 Å². The van der Waals surface area contributed by atoms with Gasteiger partial charge in [-0.3, -0.25) is 4.79 Å². The van der Waals surface area contributed by atoms with Crippen molar-refractivity contribution in [1.29, 1.82) is 0 Å². The van der Waals surface area contributed by atoms with Crippen LogP contribution < -0.4 is 10.1 Å². The number of anilines is 1. The lowest BCUT2D eigenvalue weighted by atomic mass is 9.82. The molecule has 1 saturated carbocycles. The molecule has 5 rings (SSSR count). The van der Waals surface area contributed by atoms with E-state index >= 15 is 0 Å². The molecule has 0 atom stereocenters. The van der Waals surface area contributed by atoms with Gasteiger partial charge in [0.15, 0.2) is 0 Å². The molecule has 3 heterocycles. The molecule has 0 radical (unpaired) electrons. The molecule has 2 aromatic heterocycles. The first-order valence-electron chi connectivity index (χ1n) is 11.5. The molecule has 7 nitrogen and oxygen atoms in total. The molecule has 1 amide bonds. The molecule has 194 valence electrons. The minimum atomic E-state index is -2.75. The summed E-state index contributed by atoms with van der Waals surface area (Å²) in [5, 5.41) is 7.80. The number of hydrogen-bond acceptors (Lipinski definition) is 5. The molecule has 0 bridgehead atoms. The molecule has 1 saturated heterocycles. The number of nitrogens with one attached hydrogen (secondary N) is 1. The lowest BCUT2D eigenvalue weighted by Crippen LogP contribution is -2.38. The van der Waals surface area contributed by atoms with Crippen molar-refractivity contribution in [3.05, 3.63) is 47.7 Å². The molecule has 0 spiro atoms. The Morgan fingerprint density at radius 1 is 1.11 bits per heavy atom. The Hall–Kier alpha value is -2.92. The van der Waals surface area contributed by atoms with E-state index in [4.69, 9.17) is 9.47 Å². The van der Waals surface area contributed by atoms with E-state index in [9.17, 15) is 22.4 Å². The number of alkyl halides is 4. The fourth-order valence-electron chi connectivity index (χ4n) is 4.41. The summed E-state index contributed by atoms with van der Waals surface area (Å²) < 4.78 is 65.2. The van der Waals surface area contributed by atoms with Crippen molar-refractivity contribution in [2.24, 2.45) is 5.92 Å². The summed E-state index contributed by atoms with van der Waals surface area (Å²) in [6, 6.07) is 8.89. The molecule has 1 aromatic carbocycles. The Bertz CT molecular complexity index is 1210. The minimum absolute atomic E-state index is 0. The second kappa shape index (κ2) is 11.0. The Balaban J connectivity index is 0.00000304. The number of carbonyl (C=O) groups excluding carboxylic acids is 1. The van der Waals surface area contributed by atoms with Crippen molar-refractivity contribution in [3.63, 3.8) is 0 Å². The van der Waals surface area contributed by atoms with Gasteiger partial charge in [0, 0.05) is 24.7 Å². The molecular formula is C24H25ClF4N4O3. The van der Waals surface area contributed by atoms with E-state index in [0.29, 0.717) is 30.0 Å². The first kappa shape index (κ1) is 26.2. The normalized spacial score (nSPS) is 20.3. The highest BCUT2D eigenvalue weighted by atomic mass is 35.5. The first-order valence-corrected chi connectivity index (χ1v) is 11.5. The monoisotopic (exact) mass is 528 g/mol. The fraction of sp³-hybridized carbons (Fsp3) is 0.458. The third kappa shape index (κ3) is 5.41. The standard InChI is InChI=1S/C24H24F4N4O3.ClH/c25-21(26)14-10-16(11-14)35-24-17-12-13(23(33)30-20-3-1-2-19(29-20)22(27)28)4-5-18(17)31-32(24)15-6-8-34-9-7-15;/h1-5,12,14-16,21-22H,6-11H2,(H,29,30,33);1H. The summed E-state index contributed by atoms with van der Waals surface area (Å²) in [7, 11) is 0. The maximum atomic E-state index is 13.0. The third-order valence-corrected chi connectivity index (χ3v) is 6.45. The number of halogens is 5. The van der Waals surface area contributed by atoms with Crippen molar-refractivity contribution in [2.45, 2.75) is 50.7 Å². The van der Waals surface area contributed by atoms with Gasteiger partial charge < -0.3 is 14.8 Å². The van der Waals surface area contributed by atoms with Gasteiger partial charge in [0.1, 0.15) is 17.6 Å². The molecule has 2 fully saturated rings. The van der Waals surface area contributed by atoms with E-state index in [-0.39, 0.29) is 48.8 Å². The van der Waals surface area contributed by atoms with Gasteiger partial charge in [-0.1, -0.05) is 6.07 Å². The molecule has 36 heavy (non-hydrogen) atoms. The molecule has 3 aromatic rings. The van der Waals surface area contributed by atoms with Crippen LogP contribution in [0, 0.1) is 5.92 Å². The SMILES string of the molecule is Cl.O=C(Nc1cccc(C(F)F)n1)c1ccc2nn(C3CCOCC3)c(OC3CC(C(F)F)C3)c2c1. The van der Waals surface area contributed by atoms with Gasteiger partial charge in [-0.25, -0.2) is 27.2 Å². The van der Waals surface area contributed by atoms with Gasteiger partial charge in [-0.05, 0) is 56.0 Å². The van der Waals surface area contributed by atoms with Gasteiger partial charge >= 0.3 is 0 Å². The third-order valence-electron chi connectivity index (χ3n) is 6.45. The average molecular weight is 529 g/mol. The van der Waals surface area contributed by atoms with E-state index < -0.39 is 30.4 Å². The predicted octanol–water partition coefficient (Wildman–Crippen LogP) is 5.82. The molecule has 2 aliphatic rings. The molecule has 12 heteroatoms. The minimum Gasteiger partial charge on any atom is -0.474 e. The van der Waals surface area contributed by atoms with Gasteiger partial charge in [0.2, 0.25) is 12.3 Å². The van der Waals surface area contributed by atoms with Crippen LogP contribution in [0.2, 0.25) is 0 Å². The zero-order valence-electron chi connectivity index (χ0n) is 19.1. The number of carbonyl (C=O) groups is 1. The average Bonchev–Trinajstić information content (AvgIpc) is 3.19. The Kier molecular flexibility index (Phi) is 7.99. The van der Waals surface area contributed by atoms with Crippen molar-refractivity contribution in [3.8, 4) is 5.88 Å². The van der Waals surface area contributed by atoms with E-state index in [1.165, 1.54) is 18.2 Å². The number of pyridine rings is 1. The zero-order valence-corrected chi connectivity index (χ0v) is 19.9. The quantitative estimate of drug-likeness (QED) is 0.391. The topological polar surface area (TPSA) is 78.3 Å². The van der Waals surface area contributed by atoms with Crippen molar-refractivity contribution in [2.75, 3.05) is 18.5 Å². The van der Waals surface area contributed by atoms with Crippen LogP contribution in [0.1, 0.15) is 54.2 Å². The summed E-state index contributed by atoms with van der Waals surface area (Å²) in [6.45, 7) is 1.16. The molecule has 1 aliphatic heterocycles. The smallest absolute Gasteiger partial charge is 0.280 e. The predicted molar refractivity (Wildman–Crippen MR) is 126 cm³/mol. The van der Waals surface area contributed by atoms with Crippen molar-refractivity contribution in [1.82, 2.24) is 14.8 Å². The second-order valence-corrected chi connectivity index (χ2v) is 8.83. The van der Waals surface area contributed by atoms with Gasteiger partial charge in [-0.15, -0.1) is 12.4 Å². The second-order valence-electron chi connectivity index (χ2n) is 8.83. The molecule has 1 N–H and O–H groups in total. The van der Waals surface area contributed by atoms with Gasteiger partial charge in [-0.2, -0.15) is 5.10 Å². The van der Waals surface area contributed by atoms with Crippen LogP contribution in [0.25, 0.3) is 10.9 Å². The number of aromatic nitrogens is 3. The van der Waals surface area contributed by atoms with Crippen molar-refractivity contribution < 1.29 is 31.8 Å². The summed E-state index contributed by atoms with van der Waals surface area (Å²) in [5.74, 6) is -0.757. The number of nitrogens with zero attached hydrogens (tertiary/aromatic N) is 3. The number of benzene rings is 1. The Morgan fingerprint density at radius 2 is 1.86 bits per heavy atom. The first-order chi connectivity index (χ1) is 16.9. The Morgan fingerprint density at radius 3 is 2.56 bits per heavy atom. The maximum absolute atomic E-state index is 13.0. The number of rotatable bonds is 7. The van der Waals surface area contributed by atoms with Crippen LogP contribution in [-0.4, -0.2) is 46.4 Å². The summed E-state index contributed by atoms with van der Waals surface area (Å²) in [6.07, 6.45) is -3.52. The highest BCUT2D eigenvalue weighted by Crippen LogP contribution is 2.39. The number of fused-ring (bicyclic) bond motifs is 1. The van der Waals surface area contributed by atoms with Crippen molar-refractivity contribution >= 4 is 35.0 Å². The van der Waals surface area contributed by atoms with E-state index in [2.05, 4.69) is 15.4 Å². The zero-order chi connectivity index (χ0) is 24.5. The molecule has 0 unspecified atom stereocenters. The van der Waals surface area contributed by atoms with E-state index in [0.717, 1.165) is 12.8 Å². The van der Waals surface area contributed by atoms with Gasteiger partial charge in [0.05, 0.1) is 16.9 Å². The number of ether oxygens (including phenoxy) is 2. The molecule has 1 aliphatic carbocycles. The van der Waals surface area contributed by atoms with Crippen LogP contribution in [0.15, 0.2) is 36.4 Å². The van der Waals surface area contributed by atoms with Crippen LogP contribution in [0.4, 0.5) is 23.4 Å². The lowest BCUT2D eigenvalue weighted by Gasteiger charge is -2.35.